The van der Waals surface area contributed by atoms with Gasteiger partial charge in [-0.15, -0.1) is 0 Å². The minimum absolute atomic E-state index is 0. The van der Waals surface area contributed by atoms with Gasteiger partial charge in [-0.25, -0.2) is 4.79 Å². The van der Waals surface area contributed by atoms with Gasteiger partial charge in [-0.3, -0.25) is 23.8 Å². The van der Waals surface area contributed by atoms with Crippen molar-refractivity contribution in [2.24, 2.45) is 17.6 Å². The van der Waals surface area contributed by atoms with Crippen LogP contribution in [0.3, 0.4) is 0 Å². The minimum Gasteiger partial charge on any atom is -0.786 e. The molecule has 48 heavy (non-hydrogen) atoms. The smallest absolute Gasteiger partial charge is 0.786 e. The second-order valence-corrected chi connectivity index (χ2v) is 15.7. The molecule has 0 spiro atoms. The molecular weight excluding hydrogens is 634 g/mol. The van der Waals surface area contributed by atoms with Gasteiger partial charge in [-0.2, -0.15) is 0 Å². The SMILES string of the molecule is CCC(C)[C@H](NC(=O)[C@@H]1CCCN1P(=O)([O-])C(Cc1ccccc1)NC(=O)[C@H](CC(N)=O)NC(=O)OC(C)(C)C)C(=O)NCC(C)C.[Li+]. The molecule has 5 amide bonds. The van der Waals surface area contributed by atoms with Crippen LogP contribution in [-0.2, 0) is 34.9 Å². The summed E-state index contributed by atoms with van der Waals surface area (Å²) in [6.45, 7) is 12.9. The normalized spacial score (nSPS) is 18.6. The van der Waals surface area contributed by atoms with Crippen molar-refractivity contribution < 1.29 is 57.0 Å². The van der Waals surface area contributed by atoms with Gasteiger partial charge >= 0.3 is 25.0 Å². The third-order valence-corrected chi connectivity index (χ3v) is 10.0. The maximum atomic E-state index is 14.3. The Morgan fingerprint density at radius 3 is 2.21 bits per heavy atom. The van der Waals surface area contributed by atoms with Crippen LogP contribution >= 0.6 is 7.52 Å². The molecule has 1 fully saturated rings. The number of hydrogen-bond donors (Lipinski definition) is 5. The summed E-state index contributed by atoms with van der Waals surface area (Å²) in [5.41, 5.74) is 5.02. The first kappa shape index (κ1) is 43.1. The summed E-state index contributed by atoms with van der Waals surface area (Å²) in [5, 5.41) is 10.4. The zero-order valence-corrected chi connectivity index (χ0v) is 30.4. The average Bonchev–Trinajstić information content (AvgIpc) is 3.48. The van der Waals surface area contributed by atoms with Crippen LogP contribution in [0.5, 0.6) is 0 Å². The Balaban J connectivity index is 0.0000115. The molecule has 14 nitrogen and oxygen atoms in total. The number of nitrogens with one attached hydrogen (secondary N) is 4. The quantitative estimate of drug-likeness (QED) is 0.104. The predicted octanol–water partition coefficient (Wildman–Crippen LogP) is -1.23. The van der Waals surface area contributed by atoms with Gasteiger partial charge in [0.05, 0.1) is 18.2 Å². The van der Waals surface area contributed by atoms with Crippen molar-refractivity contribution in [2.45, 2.75) is 110 Å². The molecule has 1 saturated heterocycles. The van der Waals surface area contributed by atoms with Crippen molar-refractivity contribution in [3.63, 3.8) is 0 Å². The van der Waals surface area contributed by atoms with Gasteiger partial charge in [0, 0.05) is 13.1 Å². The predicted molar refractivity (Wildman–Crippen MR) is 176 cm³/mol. The second kappa shape index (κ2) is 19.3. The van der Waals surface area contributed by atoms with E-state index in [9.17, 15) is 33.4 Å². The summed E-state index contributed by atoms with van der Waals surface area (Å²) in [5.74, 6) is -4.40. The Morgan fingerprint density at radius 1 is 1.04 bits per heavy atom. The molecule has 3 unspecified atom stereocenters. The Labute approximate surface area is 296 Å². The number of nitrogens with zero attached hydrogens (tertiary/aromatic N) is 1. The van der Waals surface area contributed by atoms with Crippen LogP contribution in [0.15, 0.2) is 30.3 Å². The fourth-order valence-corrected chi connectivity index (χ4v) is 7.23. The third-order valence-electron chi connectivity index (χ3n) is 7.75. The zero-order valence-electron chi connectivity index (χ0n) is 29.5. The third kappa shape index (κ3) is 13.6. The van der Waals surface area contributed by atoms with Gasteiger partial charge in [-0.1, -0.05) is 64.4 Å². The molecule has 6 atom stereocenters. The van der Waals surface area contributed by atoms with Crippen LogP contribution in [0.25, 0.3) is 0 Å². The molecule has 264 valence electrons. The minimum atomic E-state index is -4.81. The van der Waals surface area contributed by atoms with Gasteiger partial charge in [0.2, 0.25) is 23.6 Å². The number of hydrogen-bond acceptors (Lipinski definition) is 8. The Bertz CT molecular complexity index is 1290. The topological polar surface area (TPSA) is 212 Å². The van der Waals surface area contributed by atoms with E-state index >= 15 is 0 Å². The maximum absolute atomic E-state index is 14.3. The first-order valence-electron chi connectivity index (χ1n) is 16.1. The summed E-state index contributed by atoms with van der Waals surface area (Å²) < 4.78 is 20.6. The number of primary amides is 1. The van der Waals surface area contributed by atoms with E-state index in [2.05, 4.69) is 21.3 Å². The van der Waals surface area contributed by atoms with Crippen molar-refractivity contribution in [1.82, 2.24) is 25.9 Å². The van der Waals surface area contributed by atoms with Crippen molar-refractivity contribution >= 4 is 37.2 Å². The molecule has 1 aliphatic rings. The molecule has 1 heterocycles. The van der Waals surface area contributed by atoms with Crippen LogP contribution in [0.2, 0.25) is 0 Å². The second-order valence-electron chi connectivity index (χ2n) is 13.5. The Morgan fingerprint density at radius 2 is 1.67 bits per heavy atom. The van der Waals surface area contributed by atoms with E-state index in [0.29, 0.717) is 24.9 Å². The van der Waals surface area contributed by atoms with Crippen molar-refractivity contribution in [2.75, 3.05) is 13.1 Å². The molecule has 1 aliphatic heterocycles. The monoisotopic (exact) mass is 686 g/mol. The molecule has 0 aromatic heterocycles. The fourth-order valence-electron chi connectivity index (χ4n) is 5.11. The molecular formula is C32H52LiN6O8P. The van der Waals surface area contributed by atoms with E-state index in [1.807, 2.05) is 27.7 Å². The molecule has 6 N–H and O–H groups in total. The Hall–Kier alpha value is -2.88. The number of carbonyl (C=O) groups excluding carboxylic acids is 5. The molecule has 0 bridgehead atoms. The first-order valence-corrected chi connectivity index (χ1v) is 17.8. The van der Waals surface area contributed by atoms with Gasteiger partial charge < -0.3 is 41.2 Å². The fraction of sp³-hybridized carbons (Fsp3) is 0.656. The number of benzene rings is 1. The molecule has 2 rings (SSSR count). The van der Waals surface area contributed by atoms with Crippen LogP contribution in [0.1, 0.15) is 79.7 Å². The number of rotatable bonds is 16. The van der Waals surface area contributed by atoms with Gasteiger partial charge in [0.15, 0.2) is 0 Å². The van der Waals surface area contributed by atoms with E-state index in [1.165, 1.54) is 0 Å². The van der Waals surface area contributed by atoms with Crippen LogP contribution in [-0.4, -0.2) is 77.0 Å². The van der Waals surface area contributed by atoms with Crippen LogP contribution < -0.4 is 50.8 Å². The average molecular weight is 687 g/mol. The molecule has 0 saturated carbocycles. The summed E-state index contributed by atoms with van der Waals surface area (Å²) in [6.07, 6.45) is -0.570. The number of alkyl carbamates (subject to hydrolysis) is 1. The van der Waals surface area contributed by atoms with Crippen LogP contribution in [0, 0.1) is 11.8 Å². The standard InChI is InChI=1S/C32H53N6O8P.Li/c1-8-21(4)27(30(42)34-19-20(2)3)37-29(41)24-15-12-16-38(24)47(44,45)26(17-22-13-10-9-11-14-22)36-28(40)23(18-25(33)39)35-31(43)46-32(5,6)7;/h9-11,13-14,20-21,23-24,26-27H,8,12,15-19H2,1-7H3,(H2,33,39)(H,34,42)(H,35,43)(H,36,40)(H,37,41)(H,44,45);/q;+1/p-1/t21?,23-,24-,26?,27-;/m0./s1. The Kier molecular flexibility index (Phi) is 17.4. The number of carbonyl (C=O) groups is 5. The zero-order chi connectivity index (χ0) is 35.5. The first-order chi connectivity index (χ1) is 21.8. The number of ether oxygens (including phenoxy) is 1. The summed E-state index contributed by atoms with van der Waals surface area (Å²) in [6, 6.07) is 5.07. The molecule has 1 aromatic rings. The molecule has 1 aromatic carbocycles. The number of nitrogens with two attached hydrogens (primary N) is 1. The van der Waals surface area contributed by atoms with E-state index in [-0.39, 0.29) is 56.0 Å². The van der Waals surface area contributed by atoms with E-state index in [0.717, 1.165) is 4.67 Å². The summed E-state index contributed by atoms with van der Waals surface area (Å²) in [4.78, 5) is 78.8. The van der Waals surface area contributed by atoms with E-state index < -0.39 is 67.3 Å². The van der Waals surface area contributed by atoms with Gasteiger partial charge in [0.1, 0.15) is 25.2 Å². The van der Waals surface area contributed by atoms with Crippen LogP contribution in [0.4, 0.5) is 4.79 Å². The number of amides is 5. The molecule has 16 heteroatoms. The summed E-state index contributed by atoms with van der Waals surface area (Å²) >= 11 is 0. The van der Waals surface area contributed by atoms with E-state index in [4.69, 9.17) is 10.5 Å². The van der Waals surface area contributed by atoms with Gasteiger partial charge in [-0.05, 0) is 57.4 Å². The van der Waals surface area contributed by atoms with Crippen molar-refractivity contribution in [1.29, 1.82) is 0 Å². The van der Waals surface area contributed by atoms with Crippen molar-refractivity contribution in [3.8, 4) is 0 Å². The van der Waals surface area contributed by atoms with E-state index in [1.54, 1.807) is 51.1 Å². The van der Waals surface area contributed by atoms with Crippen molar-refractivity contribution in [3.05, 3.63) is 35.9 Å². The maximum Gasteiger partial charge on any atom is 1.00 e. The molecule has 0 radical (unpaired) electrons. The largest absolute Gasteiger partial charge is 1.00 e. The molecule has 0 aliphatic carbocycles. The summed E-state index contributed by atoms with van der Waals surface area (Å²) in [7, 11) is -4.81. The van der Waals surface area contributed by atoms with Gasteiger partial charge in [0.25, 0.3) is 0 Å².